The zero-order chi connectivity index (χ0) is 13.5. The van der Waals surface area contributed by atoms with Gasteiger partial charge in [-0.2, -0.15) is 0 Å². The average Bonchev–Trinajstić information content (AvgIpc) is 2.50. The van der Waals surface area contributed by atoms with E-state index in [2.05, 4.69) is 15.9 Å². The lowest BCUT2D eigenvalue weighted by Crippen LogP contribution is -2.07. The van der Waals surface area contributed by atoms with Crippen LogP contribution in [-0.4, -0.2) is 26.7 Å². The summed E-state index contributed by atoms with van der Waals surface area (Å²) in [4.78, 5) is 11.5. The number of halogens is 2. The number of fused-ring (bicyclic) bond motifs is 1. The van der Waals surface area contributed by atoms with Crippen molar-refractivity contribution in [3.05, 3.63) is 28.3 Å². The van der Waals surface area contributed by atoms with Crippen molar-refractivity contribution >= 4 is 43.3 Å². The molecule has 2 rings (SSSR count). The Hall–Kier alpha value is -0.590. The Bertz CT molecular complexity index is 612. The maximum atomic E-state index is 11.8. The number of carbonyl (C=O) groups is 1. The van der Waals surface area contributed by atoms with Crippen LogP contribution in [0.2, 0.25) is 5.02 Å². The molecule has 0 aromatic heterocycles. The molecule has 1 aliphatic heterocycles. The molecule has 0 saturated carbocycles. The first-order valence-electron chi connectivity index (χ1n) is 5.24. The standard InChI is InChI=1S/C11H10BrClO4S/c1-2-17-11(14)6-3-4-8-9(10(6)13)7(12)5-18(8,15)16/h3-4,7H,2,5H2,1H3. The van der Waals surface area contributed by atoms with Crippen LogP contribution in [0.1, 0.15) is 27.7 Å². The Morgan fingerprint density at radius 1 is 1.56 bits per heavy atom. The second kappa shape index (κ2) is 4.83. The molecule has 0 aliphatic carbocycles. The fraction of sp³-hybridized carbons (Fsp3) is 0.364. The third-order valence-electron chi connectivity index (χ3n) is 2.65. The van der Waals surface area contributed by atoms with Gasteiger partial charge in [0.25, 0.3) is 0 Å². The summed E-state index contributed by atoms with van der Waals surface area (Å²) in [5.74, 6) is -0.594. The summed E-state index contributed by atoms with van der Waals surface area (Å²) in [6.07, 6.45) is 0. The van der Waals surface area contributed by atoms with Crippen molar-refractivity contribution in [1.29, 1.82) is 0 Å². The first kappa shape index (κ1) is 13.8. The molecule has 0 N–H and O–H groups in total. The Balaban J connectivity index is 2.59. The molecule has 1 aromatic rings. The summed E-state index contributed by atoms with van der Waals surface area (Å²) < 4.78 is 28.5. The van der Waals surface area contributed by atoms with Gasteiger partial charge in [0.1, 0.15) is 0 Å². The molecule has 0 bridgehead atoms. The first-order valence-corrected chi connectivity index (χ1v) is 8.19. The van der Waals surface area contributed by atoms with Gasteiger partial charge in [-0.3, -0.25) is 0 Å². The third-order valence-corrected chi connectivity index (χ3v) is 6.06. The molecule has 0 fully saturated rings. The second-order valence-corrected chi connectivity index (χ2v) is 7.29. The molecular weight excluding hydrogens is 344 g/mol. The lowest BCUT2D eigenvalue weighted by molar-refractivity contribution is 0.0526. The Morgan fingerprint density at radius 3 is 2.83 bits per heavy atom. The number of benzene rings is 1. The highest BCUT2D eigenvalue weighted by Crippen LogP contribution is 2.44. The van der Waals surface area contributed by atoms with Crippen molar-refractivity contribution in [3.63, 3.8) is 0 Å². The summed E-state index contributed by atoms with van der Waals surface area (Å²) in [5.41, 5.74) is 0.640. The van der Waals surface area contributed by atoms with E-state index in [4.69, 9.17) is 16.3 Å². The molecule has 0 radical (unpaired) electrons. The van der Waals surface area contributed by atoms with E-state index < -0.39 is 15.8 Å². The molecule has 1 aliphatic rings. The Morgan fingerprint density at radius 2 is 2.22 bits per heavy atom. The van der Waals surface area contributed by atoms with Gasteiger partial charge in [0.05, 0.1) is 32.7 Å². The monoisotopic (exact) mass is 352 g/mol. The van der Waals surface area contributed by atoms with Crippen LogP contribution in [0.15, 0.2) is 17.0 Å². The quantitative estimate of drug-likeness (QED) is 0.606. The van der Waals surface area contributed by atoms with Crippen LogP contribution in [0.25, 0.3) is 0 Å². The lowest BCUT2D eigenvalue weighted by Gasteiger charge is -2.09. The predicted molar refractivity (Wildman–Crippen MR) is 71.1 cm³/mol. The minimum Gasteiger partial charge on any atom is -0.462 e. The maximum absolute atomic E-state index is 11.8. The highest BCUT2D eigenvalue weighted by Gasteiger charge is 2.36. The summed E-state index contributed by atoms with van der Waals surface area (Å²) in [5, 5.41) is 0.147. The lowest BCUT2D eigenvalue weighted by atomic mass is 10.1. The number of hydrogen-bond donors (Lipinski definition) is 0. The first-order chi connectivity index (χ1) is 8.38. The van der Waals surface area contributed by atoms with Gasteiger partial charge in [-0.15, -0.1) is 0 Å². The highest BCUT2D eigenvalue weighted by molar-refractivity contribution is 9.09. The normalized spacial score (nSPS) is 20.5. The van der Waals surface area contributed by atoms with Gasteiger partial charge in [-0.25, -0.2) is 13.2 Å². The van der Waals surface area contributed by atoms with Crippen molar-refractivity contribution in [1.82, 2.24) is 0 Å². The predicted octanol–water partition coefficient (Wildman–Crippen LogP) is 2.74. The number of alkyl halides is 1. The smallest absolute Gasteiger partial charge is 0.339 e. The van der Waals surface area contributed by atoms with Crippen molar-refractivity contribution in [2.75, 3.05) is 12.4 Å². The summed E-state index contributed by atoms with van der Waals surface area (Å²) in [6, 6.07) is 2.80. The minimum absolute atomic E-state index is 0.0473. The maximum Gasteiger partial charge on any atom is 0.339 e. The van der Waals surface area contributed by atoms with Gasteiger partial charge >= 0.3 is 5.97 Å². The van der Waals surface area contributed by atoms with Crippen molar-refractivity contribution in [3.8, 4) is 0 Å². The third kappa shape index (κ3) is 2.17. The molecule has 98 valence electrons. The summed E-state index contributed by atoms with van der Waals surface area (Å²) in [7, 11) is -3.32. The number of hydrogen-bond acceptors (Lipinski definition) is 4. The van der Waals surface area contributed by atoms with E-state index in [9.17, 15) is 13.2 Å². The van der Waals surface area contributed by atoms with Gasteiger partial charge in [0, 0.05) is 5.56 Å². The van der Waals surface area contributed by atoms with Crippen LogP contribution in [0, 0.1) is 0 Å². The summed E-state index contributed by atoms with van der Waals surface area (Å²) >= 11 is 9.38. The molecule has 7 heteroatoms. The minimum atomic E-state index is -3.32. The molecule has 1 aromatic carbocycles. The zero-order valence-electron chi connectivity index (χ0n) is 9.44. The van der Waals surface area contributed by atoms with Crippen LogP contribution in [-0.2, 0) is 14.6 Å². The van der Waals surface area contributed by atoms with E-state index in [-0.39, 0.29) is 32.7 Å². The topological polar surface area (TPSA) is 60.4 Å². The van der Waals surface area contributed by atoms with Gasteiger partial charge in [0.15, 0.2) is 9.84 Å². The van der Waals surface area contributed by atoms with Gasteiger partial charge in [-0.1, -0.05) is 27.5 Å². The van der Waals surface area contributed by atoms with Crippen molar-refractivity contribution < 1.29 is 17.9 Å². The van der Waals surface area contributed by atoms with Crippen molar-refractivity contribution in [2.24, 2.45) is 0 Å². The molecule has 1 atom stereocenters. The molecule has 0 saturated heterocycles. The number of rotatable bonds is 2. The van der Waals surface area contributed by atoms with E-state index >= 15 is 0 Å². The largest absolute Gasteiger partial charge is 0.462 e. The zero-order valence-corrected chi connectivity index (χ0v) is 12.6. The van der Waals surface area contributed by atoms with Crippen molar-refractivity contribution in [2.45, 2.75) is 16.6 Å². The van der Waals surface area contributed by atoms with E-state index in [0.29, 0.717) is 5.56 Å². The highest BCUT2D eigenvalue weighted by atomic mass is 79.9. The Labute approximate surface area is 118 Å². The van der Waals surface area contributed by atoms with Crippen LogP contribution < -0.4 is 0 Å². The molecule has 1 unspecified atom stereocenters. The van der Waals surface area contributed by atoms with Crippen LogP contribution in [0.4, 0.5) is 0 Å². The SMILES string of the molecule is CCOC(=O)c1ccc2c(c1Cl)C(Br)CS2(=O)=O. The molecule has 0 spiro atoms. The summed E-state index contributed by atoms with van der Waals surface area (Å²) in [6.45, 7) is 1.93. The van der Waals surface area contributed by atoms with E-state index in [0.717, 1.165) is 0 Å². The van der Waals surface area contributed by atoms with Gasteiger partial charge < -0.3 is 4.74 Å². The van der Waals surface area contributed by atoms with Crippen LogP contribution in [0.3, 0.4) is 0 Å². The fourth-order valence-corrected chi connectivity index (χ4v) is 5.69. The number of ether oxygens (including phenoxy) is 1. The van der Waals surface area contributed by atoms with Crippen LogP contribution >= 0.6 is 27.5 Å². The molecule has 0 amide bonds. The van der Waals surface area contributed by atoms with E-state index in [1.165, 1.54) is 12.1 Å². The molecule has 4 nitrogen and oxygen atoms in total. The van der Waals surface area contributed by atoms with E-state index in [1.807, 2.05) is 0 Å². The number of esters is 1. The fourth-order valence-electron chi connectivity index (χ4n) is 1.87. The number of carbonyl (C=O) groups excluding carboxylic acids is 1. The number of sulfone groups is 1. The van der Waals surface area contributed by atoms with Gasteiger partial charge in [-0.05, 0) is 19.1 Å². The van der Waals surface area contributed by atoms with Gasteiger partial charge in [0.2, 0.25) is 0 Å². The van der Waals surface area contributed by atoms with Crippen LogP contribution in [0.5, 0.6) is 0 Å². The molecule has 1 heterocycles. The Kier molecular flexibility index (Phi) is 3.71. The molecular formula is C11H10BrClO4S. The average molecular weight is 354 g/mol. The van der Waals surface area contributed by atoms with E-state index in [1.54, 1.807) is 6.92 Å². The molecule has 18 heavy (non-hydrogen) atoms. The second-order valence-electron chi connectivity index (χ2n) is 3.81.